The van der Waals surface area contributed by atoms with Gasteiger partial charge < -0.3 is 20.0 Å². The van der Waals surface area contributed by atoms with Crippen molar-refractivity contribution in [2.45, 2.75) is 83.3 Å². The fourth-order valence-electron chi connectivity index (χ4n) is 8.09. The summed E-state index contributed by atoms with van der Waals surface area (Å²) in [5.41, 5.74) is -0.320. The van der Waals surface area contributed by atoms with Crippen molar-refractivity contribution < 1.29 is 15.1 Å². The number of fused-ring (bicyclic) bond motifs is 5. The van der Waals surface area contributed by atoms with Crippen LogP contribution in [0.1, 0.15) is 71.6 Å². The minimum atomic E-state index is -0.561. The van der Waals surface area contributed by atoms with Crippen molar-refractivity contribution in [1.82, 2.24) is 4.90 Å². The zero-order chi connectivity index (χ0) is 22.3. The Labute approximate surface area is 188 Å². The third kappa shape index (κ3) is 4.00. The van der Waals surface area contributed by atoms with Crippen molar-refractivity contribution >= 4 is 6.21 Å². The van der Waals surface area contributed by atoms with Crippen LogP contribution in [0.25, 0.3) is 0 Å². The summed E-state index contributed by atoms with van der Waals surface area (Å²) in [7, 11) is 4.04. The number of rotatable bonds is 6. The van der Waals surface area contributed by atoms with E-state index in [1.54, 1.807) is 6.21 Å². The largest absolute Gasteiger partial charge is 0.394 e. The molecule has 5 heteroatoms. The highest BCUT2D eigenvalue weighted by atomic mass is 16.6. The molecule has 4 aliphatic rings. The summed E-state index contributed by atoms with van der Waals surface area (Å²) in [6, 6.07) is 0. The second kappa shape index (κ2) is 8.79. The van der Waals surface area contributed by atoms with Gasteiger partial charge in [-0.05, 0) is 107 Å². The Morgan fingerprint density at radius 1 is 1.03 bits per heavy atom. The molecule has 3 unspecified atom stereocenters. The molecule has 176 valence electrons. The highest BCUT2D eigenvalue weighted by Crippen LogP contribution is 2.69. The minimum Gasteiger partial charge on any atom is -0.394 e. The van der Waals surface area contributed by atoms with Gasteiger partial charge >= 0.3 is 0 Å². The van der Waals surface area contributed by atoms with Gasteiger partial charge in [-0.3, -0.25) is 0 Å². The molecule has 0 heterocycles. The van der Waals surface area contributed by atoms with E-state index in [1.165, 1.54) is 12.8 Å². The van der Waals surface area contributed by atoms with Crippen LogP contribution in [-0.2, 0) is 4.84 Å². The minimum absolute atomic E-state index is 0.0539. The predicted molar refractivity (Wildman–Crippen MR) is 125 cm³/mol. The Hall–Kier alpha value is -0.910. The first-order valence-corrected chi connectivity index (χ1v) is 12.6. The lowest BCUT2D eigenvalue weighted by molar-refractivity contribution is -0.207. The summed E-state index contributed by atoms with van der Waals surface area (Å²) in [5.74, 6) is 2.03. The van der Waals surface area contributed by atoms with Gasteiger partial charge in [0.25, 0.3) is 0 Å². The Kier molecular flexibility index (Phi) is 6.60. The third-order valence-electron chi connectivity index (χ3n) is 10.1. The van der Waals surface area contributed by atoms with Crippen molar-refractivity contribution in [2.75, 3.05) is 27.2 Å². The number of aliphatic hydroxyl groups is 2. The van der Waals surface area contributed by atoms with Gasteiger partial charge in [0.2, 0.25) is 0 Å². The summed E-state index contributed by atoms with van der Waals surface area (Å²) in [5, 5.41) is 26.5. The first-order valence-electron chi connectivity index (χ1n) is 12.6. The molecule has 0 aromatic carbocycles. The van der Waals surface area contributed by atoms with Gasteiger partial charge in [0.15, 0.2) is 0 Å². The molecule has 31 heavy (non-hydrogen) atoms. The standard InChI is InChI=1S/C26H44N2O3/c1-24-12-10-21(29)18-20(24)7-8-23-22(24)11-13-25(2)19(9-14-26(23,25)30)6-5-15-27-31-17-16-28(3)4/h5-6,15,19-23,29-30H,7-14,16-18H2,1-4H3/t19?,20?,21?,22-,23-,24+,25-,26-/m1/s1. The second-order valence-corrected chi connectivity index (χ2v) is 11.7. The number of oxime groups is 1. The van der Waals surface area contributed by atoms with Gasteiger partial charge in [-0.15, -0.1) is 0 Å². The summed E-state index contributed by atoms with van der Waals surface area (Å²) >= 11 is 0. The topological polar surface area (TPSA) is 65.3 Å². The van der Waals surface area contributed by atoms with Gasteiger partial charge in [-0.1, -0.05) is 25.1 Å². The molecule has 2 N–H and O–H groups in total. The average molecular weight is 433 g/mol. The molecular formula is C26H44N2O3. The zero-order valence-corrected chi connectivity index (χ0v) is 20.1. The molecule has 0 spiro atoms. The molecule has 0 aromatic heterocycles. The van der Waals surface area contributed by atoms with Crippen molar-refractivity contribution in [3.05, 3.63) is 12.2 Å². The lowest BCUT2D eigenvalue weighted by atomic mass is 9.43. The van der Waals surface area contributed by atoms with Crippen LogP contribution in [-0.4, -0.2) is 60.3 Å². The van der Waals surface area contributed by atoms with Gasteiger partial charge in [-0.2, -0.15) is 0 Å². The van der Waals surface area contributed by atoms with Crippen LogP contribution >= 0.6 is 0 Å². The first-order chi connectivity index (χ1) is 14.7. The first kappa shape index (κ1) is 23.3. The highest BCUT2D eigenvalue weighted by molar-refractivity contribution is 5.70. The maximum atomic E-state index is 12.2. The van der Waals surface area contributed by atoms with Crippen molar-refractivity contribution in [3.8, 4) is 0 Å². The van der Waals surface area contributed by atoms with E-state index in [2.05, 4.69) is 30.0 Å². The Balaban J connectivity index is 1.43. The van der Waals surface area contributed by atoms with Gasteiger partial charge in [0, 0.05) is 12.0 Å². The van der Waals surface area contributed by atoms with Crippen LogP contribution in [0.2, 0.25) is 0 Å². The van der Waals surface area contributed by atoms with E-state index in [0.29, 0.717) is 35.7 Å². The van der Waals surface area contributed by atoms with Crippen LogP contribution in [0.5, 0.6) is 0 Å². The molecule has 5 nitrogen and oxygen atoms in total. The number of aliphatic hydroxyl groups excluding tert-OH is 1. The fraction of sp³-hybridized carbons (Fsp3) is 0.885. The monoisotopic (exact) mass is 432 g/mol. The summed E-state index contributed by atoms with van der Waals surface area (Å²) in [6.45, 7) is 6.27. The molecule has 0 radical (unpaired) electrons. The predicted octanol–water partition coefficient (Wildman–Crippen LogP) is 4.24. The summed E-state index contributed by atoms with van der Waals surface area (Å²) in [4.78, 5) is 7.38. The van der Waals surface area contributed by atoms with Crippen LogP contribution in [0.3, 0.4) is 0 Å². The smallest absolute Gasteiger partial charge is 0.129 e. The normalized spacial score (nSPS) is 47.5. The Bertz CT molecular complexity index is 694. The molecule has 0 aromatic rings. The molecule has 4 fully saturated rings. The van der Waals surface area contributed by atoms with Crippen LogP contribution in [0.15, 0.2) is 17.3 Å². The number of nitrogens with zero attached hydrogens (tertiary/aromatic N) is 2. The van der Waals surface area contributed by atoms with Crippen molar-refractivity contribution in [3.63, 3.8) is 0 Å². The number of allylic oxidation sites excluding steroid dienone is 2. The van der Waals surface area contributed by atoms with Crippen LogP contribution in [0, 0.1) is 34.5 Å². The molecule has 4 aliphatic carbocycles. The molecule has 4 rings (SSSR count). The Morgan fingerprint density at radius 2 is 1.84 bits per heavy atom. The van der Waals surface area contributed by atoms with E-state index in [4.69, 9.17) is 4.84 Å². The molecule has 0 aliphatic heterocycles. The molecule has 0 bridgehead atoms. The van der Waals surface area contributed by atoms with E-state index in [-0.39, 0.29) is 11.5 Å². The second-order valence-electron chi connectivity index (χ2n) is 11.7. The van der Waals surface area contributed by atoms with E-state index in [1.807, 2.05) is 20.2 Å². The lowest BCUT2D eigenvalue weighted by Gasteiger charge is -2.63. The molecule has 0 amide bonds. The number of hydrogen-bond acceptors (Lipinski definition) is 5. The molecular weight excluding hydrogens is 388 g/mol. The van der Waals surface area contributed by atoms with Crippen molar-refractivity contribution in [1.29, 1.82) is 0 Å². The van der Waals surface area contributed by atoms with Gasteiger partial charge in [0.1, 0.15) is 6.61 Å². The van der Waals surface area contributed by atoms with Crippen molar-refractivity contribution in [2.24, 2.45) is 39.7 Å². The summed E-state index contributed by atoms with van der Waals surface area (Å²) in [6.07, 6.45) is 15.5. The molecule has 4 saturated carbocycles. The number of hydrogen-bond donors (Lipinski definition) is 2. The fourth-order valence-corrected chi connectivity index (χ4v) is 8.09. The highest BCUT2D eigenvalue weighted by Gasteiger charge is 2.66. The van der Waals surface area contributed by atoms with E-state index in [9.17, 15) is 10.2 Å². The van der Waals surface area contributed by atoms with Gasteiger partial charge in [-0.25, -0.2) is 0 Å². The SMILES string of the molecule is CN(C)CCON=CC=CC1CC[C@@]2(O)[C@@H]3CCC4CC(O)CC[C@]4(C)[C@@H]3CC[C@]12C. The van der Waals surface area contributed by atoms with E-state index in [0.717, 1.165) is 51.5 Å². The molecule has 8 atom stereocenters. The molecule has 0 saturated heterocycles. The lowest BCUT2D eigenvalue weighted by Crippen LogP contribution is -2.62. The van der Waals surface area contributed by atoms with E-state index < -0.39 is 5.60 Å². The van der Waals surface area contributed by atoms with Crippen LogP contribution < -0.4 is 0 Å². The summed E-state index contributed by atoms with van der Waals surface area (Å²) < 4.78 is 0. The number of likely N-dealkylation sites (N-methyl/N-ethyl adjacent to an activating group) is 1. The van der Waals surface area contributed by atoms with Gasteiger partial charge in [0.05, 0.1) is 17.9 Å². The third-order valence-corrected chi connectivity index (χ3v) is 10.1. The Morgan fingerprint density at radius 3 is 2.61 bits per heavy atom. The maximum Gasteiger partial charge on any atom is 0.129 e. The quantitative estimate of drug-likeness (QED) is 0.374. The zero-order valence-electron chi connectivity index (χ0n) is 20.1. The average Bonchev–Trinajstić information content (AvgIpc) is 2.99. The van der Waals surface area contributed by atoms with Crippen LogP contribution in [0.4, 0.5) is 0 Å². The van der Waals surface area contributed by atoms with E-state index >= 15 is 0 Å². The maximum absolute atomic E-state index is 12.2.